The van der Waals surface area contributed by atoms with Crippen molar-refractivity contribution in [3.05, 3.63) is 0 Å². The summed E-state index contributed by atoms with van der Waals surface area (Å²) in [6.45, 7) is 7.85. The summed E-state index contributed by atoms with van der Waals surface area (Å²) < 4.78 is 20.8. The van der Waals surface area contributed by atoms with Crippen LogP contribution in [0.2, 0.25) is 0 Å². The van der Waals surface area contributed by atoms with Crippen LogP contribution in [-0.4, -0.2) is 34.8 Å². The Balaban J connectivity index is -0.000000845. The average Bonchev–Trinajstić information content (AvgIpc) is 2.03. The van der Waals surface area contributed by atoms with E-state index in [-0.39, 0.29) is 20.3 Å². The molecule has 0 saturated heterocycles. The van der Waals surface area contributed by atoms with Gasteiger partial charge in [0, 0.05) is 26.7 Å². The second-order valence-corrected chi connectivity index (χ2v) is 4.46. The third-order valence-corrected chi connectivity index (χ3v) is 3.70. The molecule has 0 aliphatic rings. The summed E-state index contributed by atoms with van der Waals surface area (Å²) >= 11 is 0. The zero-order chi connectivity index (χ0) is 11.0. The summed E-state index contributed by atoms with van der Waals surface area (Å²) in [6.07, 6.45) is 0. The molecule has 0 saturated carbocycles. The maximum absolute atomic E-state index is 10.9. The van der Waals surface area contributed by atoms with Crippen LogP contribution in [0.3, 0.4) is 0 Å². The van der Waals surface area contributed by atoms with Crippen LogP contribution in [0.15, 0.2) is 0 Å². The minimum atomic E-state index is -3.21. The molecule has 0 rings (SSSR count). The SMILES string of the molecule is CCO[Si](OCC)(OCC)OC(C)=O.[H-].[Li+]. The molecule has 0 radical (unpaired) electrons. The van der Waals surface area contributed by atoms with Crippen LogP contribution in [0.25, 0.3) is 0 Å². The summed E-state index contributed by atoms with van der Waals surface area (Å²) in [5.41, 5.74) is 0. The predicted octanol–water partition coefficient (Wildman–Crippen LogP) is -1.79. The second kappa shape index (κ2) is 9.39. The van der Waals surface area contributed by atoms with Crippen LogP contribution in [0.5, 0.6) is 0 Å². The van der Waals surface area contributed by atoms with Crippen LogP contribution in [0.1, 0.15) is 29.1 Å². The van der Waals surface area contributed by atoms with Gasteiger partial charge in [0.1, 0.15) is 0 Å². The quantitative estimate of drug-likeness (QED) is 0.484. The molecule has 0 atom stereocenters. The van der Waals surface area contributed by atoms with Gasteiger partial charge in [-0.25, -0.2) is 0 Å². The molecule has 5 nitrogen and oxygen atoms in total. The molecule has 0 aliphatic carbocycles. The topological polar surface area (TPSA) is 54.0 Å². The Labute approximate surface area is 106 Å². The Hall–Kier alpha value is 0.164. The number of carbonyl (C=O) groups is 1. The average molecular weight is 230 g/mol. The first-order valence-corrected chi connectivity index (χ1v) is 6.35. The van der Waals surface area contributed by atoms with Crippen LogP contribution < -0.4 is 18.9 Å². The summed E-state index contributed by atoms with van der Waals surface area (Å²) in [5.74, 6) is -0.452. The van der Waals surface area contributed by atoms with E-state index in [0.717, 1.165) is 0 Å². The molecule has 0 N–H and O–H groups in total. The van der Waals surface area contributed by atoms with Crippen molar-refractivity contribution in [2.45, 2.75) is 27.7 Å². The summed E-state index contributed by atoms with van der Waals surface area (Å²) in [4.78, 5) is 10.9. The van der Waals surface area contributed by atoms with Gasteiger partial charge < -0.3 is 19.1 Å². The van der Waals surface area contributed by atoms with Gasteiger partial charge in [0.2, 0.25) is 0 Å². The van der Waals surface area contributed by atoms with Gasteiger partial charge in [0.25, 0.3) is 5.97 Å². The molecule has 0 unspecified atom stereocenters. The van der Waals surface area contributed by atoms with Crippen LogP contribution in [0, 0.1) is 0 Å². The van der Waals surface area contributed by atoms with Crippen LogP contribution in [-0.2, 0) is 22.5 Å². The zero-order valence-electron chi connectivity index (χ0n) is 11.2. The normalized spacial score (nSPS) is 10.7. The molecule has 7 heteroatoms. The fraction of sp³-hybridized carbons (Fsp3) is 0.875. The molecule has 0 aromatic heterocycles. The minimum Gasteiger partial charge on any atom is -1.00 e. The third-order valence-electron chi connectivity index (χ3n) is 1.23. The fourth-order valence-corrected chi connectivity index (χ4v) is 2.76. The van der Waals surface area contributed by atoms with E-state index in [4.69, 9.17) is 17.7 Å². The molecule has 0 aromatic carbocycles. The van der Waals surface area contributed by atoms with Crippen molar-refractivity contribution in [3.8, 4) is 0 Å². The first-order valence-electron chi connectivity index (χ1n) is 4.71. The summed E-state index contributed by atoms with van der Waals surface area (Å²) in [5, 5.41) is 0. The zero-order valence-corrected chi connectivity index (χ0v) is 11.2. The van der Waals surface area contributed by atoms with E-state index in [9.17, 15) is 4.79 Å². The smallest absolute Gasteiger partial charge is 1.00 e. The van der Waals surface area contributed by atoms with Crippen molar-refractivity contribution < 1.29 is 42.8 Å². The van der Waals surface area contributed by atoms with Gasteiger partial charge in [-0.15, -0.1) is 0 Å². The van der Waals surface area contributed by atoms with Gasteiger partial charge in [-0.3, -0.25) is 4.79 Å². The van der Waals surface area contributed by atoms with Crippen molar-refractivity contribution in [1.29, 1.82) is 0 Å². The Morgan fingerprint density at radius 3 is 1.60 bits per heavy atom. The van der Waals surface area contributed by atoms with E-state index in [1.165, 1.54) is 6.92 Å². The number of rotatable bonds is 7. The largest absolute Gasteiger partial charge is 1.00 e. The maximum atomic E-state index is 10.9. The third kappa shape index (κ3) is 7.11. The molecule has 0 aliphatic heterocycles. The van der Waals surface area contributed by atoms with E-state index in [1.54, 1.807) is 20.8 Å². The monoisotopic (exact) mass is 230 g/mol. The van der Waals surface area contributed by atoms with E-state index in [2.05, 4.69) is 0 Å². The molecular weight excluding hydrogens is 211 g/mol. The van der Waals surface area contributed by atoms with E-state index >= 15 is 0 Å². The van der Waals surface area contributed by atoms with E-state index < -0.39 is 15.0 Å². The molecule has 15 heavy (non-hydrogen) atoms. The van der Waals surface area contributed by atoms with E-state index in [1.807, 2.05) is 0 Å². The van der Waals surface area contributed by atoms with E-state index in [0.29, 0.717) is 19.8 Å². The maximum Gasteiger partial charge on any atom is 1.00 e. The molecule has 0 aromatic rings. The Morgan fingerprint density at radius 2 is 1.40 bits per heavy atom. The standard InChI is InChI=1S/C8H18O5Si.Li.H/c1-5-10-14(11-6-2,12-7-3)13-8(4)9;;/h5-7H2,1-4H3;;/q;+1;-1. The molecule has 0 heterocycles. The van der Waals surface area contributed by atoms with Crippen LogP contribution in [0.4, 0.5) is 0 Å². The van der Waals surface area contributed by atoms with Gasteiger partial charge in [0.05, 0.1) is 0 Å². The Bertz CT molecular complexity index is 167. The summed E-state index contributed by atoms with van der Waals surface area (Å²) in [7, 11) is -3.21. The molecule has 0 fully saturated rings. The molecule has 0 spiro atoms. The van der Waals surface area contributed by atoms with Gasteiger partial charge in [0.15, 0.2) is 0 Å². The summed E-state index contributed by atoms with van der Waals surface area (Å²) in [6, 6.07) is 0. The van der Waals surface area contributed by atoms with Crippen molar-refractivity contribution in [2.75, 3.05) is 19.8 Å². The Kier molecular flexibility index (Phi) is 11.0. The molecule has 0 bridgehead atoms. The van der Waals surface area contributed by atoms with Gasteiger partial charge in [-0.1, -0.05) is 0 Å². The molecular formula is C8H19LiO5Si. The Morgan fingerprint density at radius 1 is 1.07 bits per heavy atom. The number of hydrogen-bond acceptors (Lipinski definition) is 5. The number of hydrogen-bond donors (Lipinski definition) is 0. The van der Waals surface area contributed by atoms with Gasteiger partial charge >= 0.3 is 27.9 Å². The second-order valence-electron chi connectivity index (χ2n) is 2.39. The predicted molar refractivity (Wildman–Crippen MR) is 53.5 cm³/mol. The van der Waals surface area contributed by atoms with Crippen molar-refractivity contribution >= 4 is 15.0 Å². The van der Waals surface area contributed by atoms with Crippen molar-refractivity contribution in [2.24, 2.45) is 0 Å². The van der Waals surface area contributed by atoms with Gasteiger partial charge in [-0.05, 0) is 20.8 Å². The van der Waals surface area contributed by atoms with Gasteiger partial charge in [-0.2, -0.15) is 0 Å². The van der Waals surface area contributed by atoms with Crippen molar-refractivity contribution in [1.82, 2.24) is 0 Å². The molecule has 86 valence electrons. The minimum absolute atomic E-state index is 0. The number of carbonyl (C=O) groups excluding carboxylic acids is 1. The first-order chi connectivity index (χ1) is 6.60. The van der Waals surface area contributed by atoms with Crippen molar-refractivity contribution in [3.63, 3.8) is 0 Å². The first kappa shape index (κ1) is 17.6. The van der Waals surface area contributed by atoms with Crippen LogP contribution >= 0.6 is 0 Å². The fourth-order valence-electron chi connectivity index (χ4n) is 0.920. The molecule has 0 amide bonds.